The topological polar surface area (TPSA) is 56.1 Å². The van der Waals surface area contributed by atoms with Crippen LogP contribution in [0.25, 0.3) is 0 Å². The maximum atomic E-state index is 11.8. The van der Waals surface area contributed by atoms with Crippen molar-refractivity contribution in [2.24, 2.45) is 11.3 Å². The lowest BCUT2D eigenvalue weighted by Crippen LogP contribution is -2.39. The van der Waals surface area contributed by atoms with Crippen LogP contribution in [-0.2, 0) is 16.1 Å². The van der Waals surface area contributed by atoms with Gasteiger partial charge in [0.15, 0.2) is 0 Å². The smallest absolute Gasteiger partial charge is 0.239 e. The van der Waals surface area contributed by atoms with Gasteiger partial charge in [-0.2, -0.15) is 0 Å². The molecule has 0 saturated carbocycles. The quantitative estimate of drug-likeness (QED) is 0.896. The molecule has 1 aromatic heterocycles. The lowest BCUT2D eigenvalue weighted by atomic mass is 9.81. The molecule has 0 spiro atoms. The number of nitrogens with one attached hydrogen (secondary N) is 1. The van der Waals surface area contributed by atoms with Gasteiger partial charge in [0.05, 0.1) is 12.4 Å². The monoisotopic (exact) mass is 265 g/mol. The molecule has 0 aliphatic carbocycles. The summed E-state index contributed by atoms with van der Waals surface area (Å²) in [4.78, 5) is 15.7. The summed E-state index contributed by atoms with van der Waals surface area (Å²) >= 11 is 0. The molecule has 1 saturated heterocycles. The average Bonchev–Trinajstić information content (AvgIpc) is 2.95. The van der Waals surface area contributed by atoms with Crippen LogP contribution in [0.15, 0.2) is 18.7 Å². The normalized spacial score (nSPS) is 23.5. The minimum Gasteiger partial charge on any atom is -0.377 e. The van der Waals surface area contributed by atoms with E-state index in [0.29, 0.717) is 19.0 Å². The Labute approximate surface area is 114 Å². The van der Waals surface area contributed by atoms with Gasteiger partial charge in [0.1, 0.15) is 6.54 Å². The Hall–Kier alpha value is -1.36. The lowest BCUT2D eigenvalue weighted by Gasteiger charge is -2.31. The van der Waals surface area contributed by atoms with Gasteiger partial charge in [-0.25, -0.2) is 4.98 Å². The van der Waals surface area contributed by atoms with Crippen LogP contribution >= 0.6 is 0 Å². The summed E-state index contributed by atoms with van der Waals surface area (Å²) in [5, 5.41) is 3.00. The SMILES string of the molecule is CC(C)(C)[C@H]1OCC[C@@H]1CNC(=O)Cn1ccnc1. The van der Waals surface area contributed by atoms with Crippen LogP contribution in [0.4, 0.5) is 0 Å². The van der Waals surface area contributed by atoms with Crippen molar-refractivity contribution in [1.29, 1.82) is 0 Å². The molecule has 0 bridgehead atoms. The number of imidazole rings is 1. The van der Waals surface area contributed by atoms with Crippen LogP contribution < -0.4 is 5.32 Å². The average molecular weight is 265 g/mol. The zero-order valence-electron chi connectivity index (χ0n) is 11.9. The molecule has 1 fully saturated rings. The fourth-order valence-corrected chi connectivity index (χ4v) is 2.65. The minimum atomic E-state index is 0.0255. The van der Waals surface area contributed by atoms with Crippen LogP contribution in [0, 0.1) is 11.3 Å². The molecular formula is C14H23N3O2. The second kappa shape index (κ2) is 5.74. The van der Waals surface area contributed by atoms with E-state index in [1.54, 1.807) is 23.3 Å². The Morgan fingerprint density at radius 3 is 2.95 bits per heavy atom. The maximum absolute atomic E-state index is 11.8. The van der Waals surface area contributed by atoms with Gasteiger partial charge in [-0.3, -0.25) is 4.79 Å². The van der Waals surface area contributed by atoms with Crippen molar-refractivity contribution in [2.75, 3.05) is 13.2 Å². The number of rotatable bonds is 4. The predicted octanol–water partition coefficient (Wildman–Crippen LogP) is 1.45. The van der Waals surface area contributed by atoms with E-state index in [1.165, 1.54) is 0 Å². The molecule has 5 nitrogen and oxygen atoms in total. The lowest BCUT2D eigenvalue weighted by molar-refractivity contribution is -0.122. The van der Waals surface area contributed by atoms with Gasteiger partial charge < -0.3 is 14.6 Å². The second-order valence-corrected chi connectivity index (χ2v) is 6.25. The molecule has 2 rings (SSSR count). The third-order valence-electron chi connectivity index (χ3n) is 3.51. The number of hydrogen-bond donors (Lipinski definition) is 1. The van der Waals surface area contributed by atoms with Gasteiger partial charge in [0.2, 0.25) is 5.91 Å². The summed E-state index contributed by atoms with van der Waals surface area (Å²) in [6, 6.07) is 0. The van der Waals surface area contributed by atoms with Crippen molar-refractivity contribution in [3.05, 3.63) is 18.7 Å². The van der Waals surface area contributed by atoms with E-state index in [2.05, 4.69) is 31.1 Å². The Balaban J connectivity index is 1.80. The van der Waals surface area contributed by atoms with Gasteiger partial charge in [-0.15, -0.1) is 0 Å². The zero-order chi connectivity index (χ0) is 13.9. The predicted molar refractivity (Wildman–Crippen MR) is 72.5 cm³/mol. The molecule has 2 heterocycles. The highest BCUT2D eigenvalue weighted by Gasteiger charge is 2.37. The Morgan fingerprint density at radius 1 is 1.53 bits per heavy atom. The maximum Gasteiger partial charge on any atom is 0.239 e. The summed E-state index contributed by atoms with van der Waals surface area (Å²) in [5.41, 5.74) is 0.121. The largest absolute Gasteiger partial charge is 0.377 e. The number of hydrogen-bond acceptors (Lipinski definition) is 3. The Morgan fingerprint density at radius 2 is 2.32 bits per heavy atom. The first-order valence-electron chi connectivity index (χ1n) is 6.81. The van der Waals surface area contributed by atoms with Crippen molar-refractivity contribution in [3.8, 4) is 0 Å². The van der Waals surface area contributed by atoms with E-state index in [1.807, 2.05) is 0 Å². The van der Waals surface area contributed by atoms with Gasteiger partial charge in [-0.05, 0) is 11.8 Å². The Kier molecular flexibility index (Phi) is 4.24. The summed E-state index contributed by atoms with van der Waals surface area (Å²) in [5.74, 6) is 0.435. The summed E-state index contributed by atoms with van der Waals surface area (Å²) in [6.07, 6.45) is 6.36. The molecule has 1 aromatic rings. The third kappa shape index (κ3) is 3.80. The number of nitrogens with zero attached hydrogens (tertiary/aromatic N) is 2. The van der Waals surface area contributed by atoms with E-state index < -0.39 is 0 Å². The highest BCUT2D eigenvalue weighted by Crippen LogP contribution is 2.34. The van der Waals surface area contributed by atoms with Crippen LogP contribution in [0.5, 0.6) is 0 Å². The first kappa shape index (κ1) is 14.1. The summed E-state index contributed by atoms with van der Waals surface area (Å²) in [6.45, 7) is 8.36. The molecule has 1 amide bonds. The molecule has 19 heavy (non-hydrogen) atoms. The first-order valence-corrected chi connectivity index (χ1v) is 6.81. The first-order chi connectivity index (χ1) is 8.97. The molecule has 2 atom stereocenters. The fraction of sp³-hybridized carbons (Fsp3) is 0.714. The van der Waals surface area contributed by atoms with E-state index in [0.717, 1.165) is 13.0 Å². The molecular weight excluding hydrogens is 242 g/mol. The fourth-order valence-electron chi connectivity index (χ4n) is 2.65. The molecule has 1 aliphatic heterocycles. The van der Waals surface area contributed by atoms with E-state index in [-0.39, 0.29) is 17.4 Å². The standard InChI is InChI=1S/C14H23N3O2/c1-14(2,3)13-11(4-7-19-13)8-16-12(18)9-17-6-5-15-10-17/h5-6,10-11,13H,4,7-9H2,1-3H3,(H,16,18)/t11-,13+/m1/s1. The molecule has 1 aliphatic rings. The number of ether oxygens (including phenoxy) is 1. The summed E-state index contributed by atoms with van der Waals surface area (Å²) < 4.78 is 7.57. The number of amides is 1. The van der Waals surface area contributed by atoms with Crippen LogP contribution in [0.1, 0.15) is 27.2 Å². The van der Waals surface area contributed by atoms with Gasteiger partial charge in [0, 0.05) is 31.5 Å². The van der Waals surface area contributed by atoms with Crippen LogP contribution in [0.3, 0.4) is 0 Å². The molecule has 106 valence electrons. The van der Waals surface area contributed by atoms with Crippen molar-refractivity contribution in [3.63, 3.8) is 0 Å². The zero-order valence-corrected chi connectivity index (χ0v) is 11.9. The van der Waals surface area contributed by atoms with Crippen molar-refractivity contribution in [1.82, 2.24) is 14.9 Å². The van der Waals surface area contributed by atoms with Gasteiger partial charge >= 0.3 is 0 Å². The van der Waals surface area contributed by atoms with E-state index in [9.17, 15) is 4.79 Å². The van der Waals surface area contributed by atoms with Crippen LogP contribution in [-0.4, -0.2) is 34.7 Å². The number of carbonyl (C=O) groups excluding carboxylic acids is 1. The molecule has 0 aromatic carbocycles. The minimum absolute atomic E-state index is 0.0255. The number of aromatic nitrogens is 2. The van der Waals surface area contributed by atoms with E-state index in [4.69, 9.17) is 4.74 Å². The molecule has 0 radical (unpaired) electrons. The molecule has 5 heteroatoms. The van der Waals surface area contributed by atoms with Crippen molar-refractivity contribution >= 4 is 5.91 Å². The third-order valence-corrected chi connectivity index (χ3v) is 3.51. The molecule has 1 N–H and O–H groups in total. The van der Waals surface area contributed by atoms with Gasteiger partial charge in [-0.1, -0.05) is 20.8 Å². The Bertz CT molecular complexity index is 409. The van der Waals surface area contributed by atoms with E-state index >= 15 is 0 Å². The van der Waals surface area contributed by atoms with Crippen molar-refractivity contribution < 1.29 is 9.53 Å². The number of carbonyl (C=O) groups is 1. The highest BCUT2D eigenvalue weighted by molar-refractivity contribution is 5.75. The van der Waals surface area contributed by atoms with Crippen molar-refractivity contribution in [2.45, 2.75) is 39.8 Å². The second-order valence-electron chi connectivity index (χ2n) is 6.25. The van der Waals surface area contributed by atoms with Crippen LogP contribution in [0.2, 0.25) is 0 Å². The molecule has 0 unspecified atom stereocenters. The summed E-state index contributed by atoms with van der Waals surface area (Å²) in [7, 11) is 0. The van der Waals surface area contributed by atoms with Gasteiger partial charge in [0.25, 0.3) is 0 Å². The highest BCUT2D eigenvalue weighted by atomic mass is 16.5.